The Morgan fingerprint density at radius 3 is 3.00 bits per heavy atom. The van der Waals surface area contributed by atoms with Crippen LogP contribution in [0, 0.1) is 11.7 Å². The number of nitrogens with two attached hydrogens (primary N) is 1. The van der Waals surface area contributed by atoms with Crippen LogP contribution >= 0.6 is 11.8 Å². The second kappa shape index (κ2) is 6.55. The summed E-state index contributed by atoms with van der Waals surface area (Å²) in [6.07, 6.45) is -0.00245. The third-order valence-electron chi connectivity index (χ3n) is 5.13. The van der Waals surface area contributed by atoms with Crippen molar-refractivity contribution >= 4 is 16.9 Å². The minimum atomic E-state index is -0.784. The first-order chi connectivity index (χ1) is 12.5. The number of hydrogen-bond acceptors (Lipinski definition) is 6. The van der Waals surface area contributed by atoms with Crippen molar-refractivity contribution in [2.75, 3.05) is 19.5 Å². The van der Waals surface area contributed by atoms with Gasteiger partial charge in [0.05, 0.1) is 25.5 Å². The number of rotatable bonds is 3. The zero-order valence-corrected chi connectivity index (χ0v) is 15.4. The van der Waals surface area contributed by atoms with E-state index in [1.54, 1.807) is 19.2 Å². The Kier molecular flexibility index (Phi) is 4.36. The highest BCUT2D eigenvalue weighted by Gasteiger charge is 2.52. The lowest BCUT2D eigenvalue weighted by Crippen LogP contribution is -2.41. The van der Waals surface area contributed by atoms with Crippen LogP contribution in [-0.2, 0) is 10.3 Å². The number of aromatic nitrogens is 1. The quantitative estimate of drug-likeness (QED) is 0.895. The molecule has 7 heteroatoms. The van der Waals surface area contributed by atoms with Gasteiger partial charge in [-0.25, -0.2) is 14.4 Å². The summed E-state index contributed by atoms with van der Waals surface area (Å²) in [5.74, 6) is 1.04. The van der Waals surface area contributed by atoms with Gasteiger partial charge < -0.3 is 15.2 Å². The monoisotopic (exact) mass is 373 g/mol. The Morgan fingerprint density at radius 1 is 1.35 bits per heavy atom. The molecule has 2 aromatic rings. The van der Waals surface area contributed by atoms with Gasteiger partial charge in [-0.2, -0.15) is 0 Å². The van der Waals surface area contributed by atoms with Crippen LogP contribution in [0.3, 0.4) is 0 Å². The minimum Gasteiger partial charge on any atom is -0.481 e. The molecule has 0 bridgehead atoms. The average Bonchev–Trinajstić information content (AvgIpc) is 2.99. The van der Waals surface area contributed by atoms with Gasteiger partial charge in [-0.15, -0.1) is 0 Å². The Balaban J connectivity index is 1.85. The molecule has 26 heavy (non-hydrogen) atoms. The van der Waals surface area contributed by atoms with E-state index in [0.29, 0.717) is 28.9 Å². The molecule has 1 saturated heterocycles. The molecule has 2 aliphatic heterocycles. The average molecular weight is 373 g/mol. The summed E-state index contributed by atoms with van der Waals surface area (Å²) in [5, 5.41) is 0.475. The third kappa shape index (κ3) is 2.75. The first kappa shape index (κ1) is 17.3. The Bertz CT molecular complexity index is 876. The maximum Gasteiger partial charge on any atom is 0.213 e. The summed E-state index contributed by atoms with van der Waals surface area (Å²) in [5.41, 5.74) is 7.25. The molecule has 2 aliphatic rings. The molecule has 1 aromatic heterocycles. The van der Waals surface area contributed by atoms with E-state index >= 15 is 0 Å². The lowest BCUT2D eigenvalue weighted by Gasteiger charge is -2.35. The number of halogens is 1. The van der Waals surface area contributed by atoms with E-state index in [2.05, 4.69) is 9.98 Å². The van der Waals surface area contributed by atoms with E-state index in [1.807, 2.05) is 25.1 Å². The predicted octanol–water partition coefficient (Wildman–Crippen LogP) is 3.19. The lowest BCUT2D eigenvalue weighted by atomic mass is 9.78. The summed E-state index contributed by atoms with van der Waals surface area (Å²) in [6.45, 7) is 2.33. The smallest absolute Gasteiger partial charge is 0.213 e. The van der Waals surface area contributed by atoms with Gasteiger partial charge >= 0.3 is 0 Å². The highest BCUT2D eigenvalue weighted by atomic mass is 32.2. The number of hydrogen-bond donors (Lipinski definition) is 1. The van der Waals surface area contributed by atoms with Crippen molar-refractivity contribution in [1.29, 1.82) is 0 Å². The number of ether oxygens (including phenoxy) is 2. The number of benzene rings is 1. The normalized spacial score (nSPS) is 27.7. The van der Waals surface area contributed by atoms with Crippen molar-refractivity contribution in [1.82, 2.24) is 4.98 Å². The zero-order valence-electron chi connectivity index (χ0n) is 14.6. The zero-order chi connectivity index (χ0) is 18.3. The molecular formula is C19H20FN3O2S. The first-order valence-electron chi connectivity index (χ1n) is 8.44. The topological polar surface area (TPSA) is 69.7 Å². The number of nitrogens with zero attached hydrogens (tertiary/aromatic N) is 2. The van der Waals surface area contributed by atoms with Gasteiger partial charge in [-0.05, 0) is 31.2 Å². The molecule has 1 fully saturated rings. The van der Waals surface area contributed by atoms with Crippen LogP contribution < -0.4 is 10.5 Å². The molecule has 3 atom stereocenters. The van der Waals surface area contributed by atoms with Gasteiger partial charge in [-0.1, -0.05) is 17.8 Å². The van der Waals surface area contributed by atoms with Crippen molar-refractivity contribution in [3.8, 4) is 17.1 Å². The number of aliphatic imine (C=N–C) groups is 1. The van der Waals surface area contributed by atoms with Crippen molar-refractivity contribution in [3.05, 3.63) is 47.8 Å². The molecule has 0 saturated carbocycles. The van der Waals surface area contributed by atoms with E-state index in [0.717, 1.165) is 11.3 Å². The second-order valence-corrected chi connectivity index (χ2v) is 7.61. The Morgan fingerprint density at radius 2 is 2.19 bits per heavy atom. The van der Waals surface area contributed by atoms with Crippen molar-refractivity contribution in [2.24, 2.45) is 16.6 Å². The summed E-state index contributed by atoms with van der Waals surface area (Å²) < 4.78 is 25.9. The number of fused-ring (bicyclic) bond motifs is 1. The molecule has 0 radical (unpaired) electrons. The largest absolute Gasteiger partial charge is 0.481 e. The third-order valence-corrected chi connectivity index (χ3v) is 6.04. The van der Waals surface area contributed by atoms with Gasteiger partial charge in [0.1, 0.15) is 11.4 Å². The van der Waals surface area contributed by atoms with Crippen LogP contribution in [0.5, 0.6) is 5.88 Å². The fourth-order valence-electron chi connectivity index (χ4n) is 3.71. The summed E-state index contributed by atoms with van der Waals surface area (Å²) in [7, 11) is 1.57. The maximum absolute atomic E-state index is 14.9. The summed E-state index contributed by atoms with van der Waals surface area (Å²) >= 11 is 1.50. The van der Waals surface area contributed by atoms with E-state index in [4.69, 9.17) is 15.2 Å². The van der Waals surface area contributed by atoms with E-state index in [1.165, 1.54) is 17.8 Å². The van der Waals surface area contributed by atoms with Crippen molar-refractivity contribution in [3.63, 3.8) is 0 Å². The maximum atomic E-state index is 14.9. The van der Waals surface area contributed by atoms with Crippen molar-refractivity contribution in [2.45, 2.75) is 18.6 Å². The van der Waals surface area contributed by atoms with E-state index in [9.17, 15) is 4.39 Å². The molecular weight excluding hydrogens is 353 g/mol. The van der Waals surface area contributed by atoms with Gasteiger partial charge in [0.2, 0.25) is 5.88 Å². The first-order valence-corrected chi connectivity index (χ1v) is 9.43. The van der Waals surface area contributed by atoms with E-state index in [-0.39, 0.29) is 17.8 Å². The summed E-state index contributed by atoms with van der Waals surface area (Å²) in [4.78, 5) is 9.12. The van der Waals surface area contributed by atoms with Crippen LogP contribution in [0.15, 0.2) is 41.4 Å². The van der Waals surface area contributed by atoms with Crippen LogP contribution in [-0.4, -0.2) is 35.7 Å². The fraction of sp³-hybridized carbons (Fsp3) is 0.368. The van der Waals surface area contributed by atoms with Gasteiger partial charge in [0.25, 0.3) is 0 Å². The Labute approximate surface area is 155 Å². The molecule has 0 spiro atoms. The van der Waals surface area contributed by atoms with Crippen LogP contribution in [0.4, 0.5) is 4.39 Å². The Hall–Kier alpha value is -2.12. The molecule has 0 aliphatic carbocycles. The number of thioether (sulfide) groups is 1. The van der Waals surface area contributed by atoms with E-state index < -0.39 is 5.54 Å². The highest BCUT2D eigenvalue weighted by Crippen LogP contribution is 2.48. The van der Waals surface area contributed by atoms with Crippen LogP contribution in [0.25, 0.3) is 11.3 Å². The minimum absolute atomic E-state index is 0.00245. The fourth-order valence-corrected chi connectivity index (χ4v) is 4.83. The molecule has 0 unspecified atom stereocenters. The number of pyridine rings is 1. The molecule has 1 aromatic carbocycles. The molecule has 2 N–H and O–H groups in total. The SMILES string of the molecule is COc1cccc(-c2ccc(F)c([C@]34CO[C@H](C)[C@H]3CSC(N)=N4)c2)n1. The molecule has 3 heterocycles. The van der Waals surface area contributed by atoms with Crippen LogP contribution in [0.1, 0.15) is 12.5 Å². The molecule has 5 nitrogen and oxygen atoms in total. The second-order valence-electron chi connectivity index (χ2n) is 6.57. The summed E-state index contributed by atoms with van der Waals surface area (Å²) in [6, 6.07) is 10.5. The van der Waals surface area contributed by atoms with Crippen LogP contribution in [0.2, 0.25) is 0 Å². The van der Waals surface area contributed by atoms with Crippen molar-refractivity contribution < 1.29 is 13.9 Å². The lowest BCUT2D eigenvalue weighted by molar-refractivity contribution is 0.107. The van der Waals surface area contributed by atoms with Gasteiger partial charge in [0.15, 0.2) is 5.17 Å². The van der Waals surface area contributed by atoms with Gasteiger partial charge in [-0.3, -0.25) is 0 Å². The number of amidine groups is 1. The predicted molar refractivity (Wildman–Crippen MR) is 101 cm³/mol. The standard InChI is InChI=1S/C19H20FN3O2S/c1-11-14-9-26-18(21)23-19(14,10-25-11)13-8-12(6-7-15(13)20)16-4-3-5-17(22-16)24-2/h3-8,11,14H,9-10H2,1-2H3,(H2,21,23)/t11-,14-,19-/m1/s1. The molecule has 4 rings (SSSR count). The molecule has 0 amide bonds. The highest BCUT2D eigenvalue weighted by molar-refractivity contribution is 8.13. The van der Waals surface area contributed by atoms with Gasteiger partial charge in [0, 0.05) is 28.9 Å². The number of methoxy groups -OCH3 is 1. The molecule has 136 valence electrons.